The van der Waals surface area contributed by atoms with Crippen molar-refractivity contribution in [2.45, 2.75) is 58.8 Å². The molecule has 0 aliphatic heterocycles. The molecule has 0 fully saturated rings. The van der Waals surface area contributed by atoms with Crippen LogP contribution in [0.1, 0.15) is 81.3 Å². The van der Waals surface area contributed by atoms with Gasteiger partial charge in [0.2, 0.25) is 0 Å². The van der Waals surface area contributed by atoms with Gasteiger partial charge in [0, 0.05) is 0 Å². The van der Waals surface area contributed by atoms with Crippen molar-refractivity contribution in [3.8, 4) is 0 Å². The number of hydrogen-bond donors (Lipinski definition) is 0. The van der Waals surface area contributed by atoms with E-state index in [0.29, 0.717) is 0 Å². The zero-order valence-corrected chi connectivity index (χ0v) is 33.8. The third-order valence-electron chi connectivity index (χ3n) is 9.58. The van der Waals surface area contributed by atoms with Crippen molar-refractivity contribution in [2.75, 3.05) is 0 Å². The summed E-state index contributed by atoms with van der Waals surface area (Å²) >= 11 is 1.46. The number of hydrogen-bond acceptors (Lipinski definition) is 0. The van der Waals surface area contributed by atoms with Crippen molar-refractivity contribution < 1.29 is 24.2 Å². The third-order valence-corrected chi connectivity index (χ3v) is 11.0. The van der Waals surface area contributed by atoms with Gasteiger partial charge in [0.15, 0.2) is 0 Å². The number of allylic oxidation sites excluding steroid dienone is 4. The first-order valence-corrected chi connectivity index (χ1v) is 19.5. The molecule has 0 spiro atoms. The normalized spacial score (nSPS) is 12.7. The summed E-state index contributed by atoms with van der Waals surface area (Å²) in [4.78, 5) is 0. The van der Waals surface area contributed by atoms with Gasteiger partial charge in [0.05, 0.1) is 0 Å². The molecule has 0 unspecified atom stereocenters. The van der Waals surface area contributed by atoms with Gasteiger partial charge < -0.3 is 0 Å². The molecular weight excluding hydrogens is 704 g/mol. The summed E-state index contributed by atoms with van der Waals surface area (Å²) in [5, 5.41) is 5.48. The molecule has 1 aliphatic carbocycles. The minimum absolute atomic E-state index is 0.203. The summed E-state index contributed by atoms with van der Waals surface area (Å²) in [5.41, 5.74) is 11.0. The Labute approximate surface area is 326 Å². The maximum atomic E-state index is 3.45. The van der Waals surface area contributed by atoms with Crippen molar-refractivity contribution in [1.29, 1.82) is 0 Å². The van der Waals surface area contributed by atoms with Crippen LogP contribution in [0.5, 0.6) is 0 Å². The molecule has 1 heteroatoms. The fourth-order valence-corrected chi connectivity index (χ4v) is 7.26. The molecule has 0 bridgehead atoms. The van der Waals surface area contributed by atoms with E-state index >= 15 is 0 Å². The molecule has 0 aromatic heterocycles. The molecule has 52 heavy (non-hydrogen) atoms. The summed E-state index contributed by atoms with van der Waals surface area (Å²) < 4.78 is 1.42. The molecule has 256 valence electrons. The van der Waals surface area contributed by atoms with Crippen LogP contribution >= 0.6 is 0 Å². The van der Waals surface area contributed by atoms with E-state index in [4.69, 9.17) is 0 Å². The van der Waals surface area contributed by atoms with E-state index in [1.54, 1.807) is 0 Å². The van der Waals surface area contributed by atoms with Crippen molar-refractivity contribution >= 4 is 35.9 Å². The monoisotopic (exact) mass is 750 g/mol. The predicted molar refractivity (Wildman–Crippen MR) is 223 cm³/mol. The Morgan fingerprint density at radius 2 is 0.923 bits per heavy atom. The molecule has 0 atom stereocenters. The van der Waals surface area contributed by atoms with Gasteiger partial charge in [-0.3, -0.25) is 0 Å². The van der Waals surface area contributed by atoms with Crippen LogP contribution in [-0.4, -0.2) is 3.21 Å². The molecular formula is C51H48Zr. The molecule has 0 N–H and O–H groups in total. The fourth-order valence-electron chi connectivity index (χ4n) is 6.44. The van der Waals surface area contributed by atoms with E-state index in [2.05, 4.69) is 205 Å². The predicted octanol–water partition coefficient (Wildman–Crippen LogP) is 13.5. The van der Waals surface area contributed by atoms with Crippen LogP contribution in [0.2, 0.25) is 0 Å². The topological polar surface area (TPSA) is 0 Å². The van der Waals surface area contributed by atoms with Crippen LogP contribution in [0.3, 0.4) is 0 Å². The molecule has 7 aromatic carbocycles. The van der Waals surface area contributed by atoms with Crippen LogP contribution in [0, 0.1) is 6.08 Å². The Kier molecular flexibility index (Phi) is 11.7. The summed E-state index contributed by atoms with van der Waals surface area (Å²) in [7, 11) is 0. The quantitative estimate of drug-likeness (QED) is 0.157. The number of rotatable bonds is 4. The van der Waals surface area contributed by atoms with Gasteiger partial charge in [-0.1, -0.05) is 132 Å². The van der Waals surface area contributed by atoms with E-state index in [-0.39, 0.29) is 10.8 Å². The fraction of sp³-hybridized carbons (Fsp3) is 0.176. The Bertz CT molecular complexity index is 2200. The Balaban J connectivity index is 0.000000137. The molecule has 1 aliphatic rings. The van der Waals surface area contributed by atoms with Crippen LogP contribution < -0.4 is 0 Å². The molecule has 8 rings (SSSR count). The van der Waals surface area contributed by atoms with E-state index in [1.165, 1.54) is 93.5 Å². The first kappa shape index (κ1) is 37.2. The first-order valence-electron chi connectivity index (χ1n) is 18.2. The van der Waals surface area contributed by atoms with Gasteiger partial charge in [-0.05, 0) is 16.4 Å². The standard InChI is InChI=1S/C21H25.C17H13.C13H10.Zr/c1-20(2,3)16-7-9-18-14(12-16)11-15-13-17(21(4,5)6)8-10-19(15)18;1-3-7-14(8-4-1)16-11-12-17(13-16)15-9-5-2-6-10-15;1-3-7-12(8-4-1)11-13-9-5-2-6-10-13;/h7-13H,1-6H3;1-10,13H,11H2;1-10H;/q2*-1;;+2. The second-order valence-electron chi connectivity index (χ2n) is 15.5. The van der Waals surface area contributed by atoms with Gasteiger partial charge in [-0.25, -0.2) is 0 Å². The van der Waals surface area contributed by atoms with Gasteiger partial charge in [-0.2, -0.15) is 17.7 Å². The Hall–Kier alpha value is -4.58. The Morgan fingerprint density at radius 3 is 1.35 bits per heavy atom. The van der Waals surface area contributed by atoms with E-state index in [0.717, 1.165) is 6.42 Å². The van der Waals surface area contributed by atoms with Gasteiger partial charge in [-0.15, -0.1) is 63.0 Å². The molecule has 0 nitrogen and oxygen atoms in total. The van der Waals surface area contributed by atoms with E-state index in [9.17, 15) is 0 Å². The molecule has 0 amide bonds. The summed E-state index contributed by atoms with van der Waals surface area (Å²) in [6.07, 6.45) is 6.60. The minimum atomic E-state index is 0.203. The third kappa shape index (κ3) is 9.25. The first-order chi connectivity index (χ1) is 25.0. The van der Waals surface area contributed by atoms with Crippen molar-refractivity contribution in [1.82, 2.24) is 0 Å². The molecule has 7 aromatic rings. The van der Waals surface area contributed by atoms with E-state index < -0.39 is 0 Å². The number of benzene rings is 6. The molecule has 0 heterocycles. The van der Waals surface area contributed by atoms with Crippen LogP contribution in [-0.2, 0) is 35.1 Å². The second kappa shape index (κ2) is 16.4. The average Bonchev–Trinajstić information content (AvgIpc) is 3.81. The van der Waals surface area contributed by atoms with Crippen molar-refractivity contribution in [2.24, 2.45) is 0 Å². The summed E-state index contributed by atoms with van der Waals surface area (Å²) in [5.74, 6) is 0. The van der Waals surface area contributed by atoms with Gasteiger partial charge in [0.1, 0.15) is 0 Å². The number of fused-ring (bicyclic) bond motifs is 3. The second-order valence-corrected chi connectivity index (χ2v) is 16.8. The van der Waals surface area contributed by atoms with Crippen molar-refractivity contribution in [3.63, 3.8) is 0 Å². The maximum absolute atomic E-state index is 3.45. The summed E-state index contributed by atoms with van der Waals surface area (Å²) in [6.45, 7) is 13.6. The SMILES string of the molecule is CC(C)(C)c1ccc2c(c1)[cH-]c1cc(C(C)(C)C)ccc12.[C-]1=C(c2ccccc2)C=C(c2ccccc2)C1.[Zr+2]=[C](c1ccccc1)c1ccccc1. The summed E-state index contributed by atoms with van der Waals surface area (Å²) in [6, 6.07) is 58.2. The Morgan fingerprint density at radius 1 is 0.519 bits per heavy atom. The zero-order chi connectivity index (χ0) is 36.7. The zero-order valence-electron chi connectivity index (χ0n) is 31.4. The van der Waals surface area contributed by atoms with Crippen molar-refractivity contribution in [3.05, 3.63) is 209 Å². The molecule has 0 saturated carbocycles. The van der Waals surface area contributed by atoms with Crippen LogP contribution in [0.15, 0.2) is 170 Å². The average molecular weight is 752 g/mol. The molecule has 0 saturated heterocycles. The van der Waals surface area contributed by atoms with E-state index in [1.807, 2.05) is 12.1 Å². The van der Waals surface area contributed by atoms with Crippen LogP contribution in [0.4, 0.5) is 0 Å². The molecule has 0 radical (unpaired) electrons. The van der Waals surface area contributed by atoms with Gasteiger partial charge in [0.25, 0.3) is 0 Å². The van der Waals surface area contributed by atoms with Crippen LogP contribution in [0.25, 0.3) is 32.7 Å². The van der Waals surface area contributed by atoms with Gasteiger partial charge >= 0.3 is 99.2 Å².